The van der Waals surface area contributed by atoms with Gasteiger partial charge in [-0.3, -0.25) is 14.9 Å². The van der Waals surface area contributed by atoms with Crippen LogP contribution in [0.5, 0.6) is 0 Å². The van der Waals surface area contributed by atoms with Gasteiger partial charge in [-0.25, -0.2) is 4.98 Å². The Balaban J connectivity index is 2.00. The van der Waals surface area contributed by atoms with Crippen LogP contribution in [0.2, 0.25) is 0 Å². The molecule has 2 rings (SSSR count). The second kappa shape index (κ2) is 3.72. The zero-order valence-electron chi connectivity index (χ0n) is 8.33. The van der Waals surface area contributed by atoms with Gasteiger partial charge in [0, 0.05) is 6.42 Å². The average molecular weight is 208 g/mol. The zero-order valence-corrected chi connectivity index (χ0v) is 8.33. The molecule has 2 amide bonds. The average Bonchev–Trinajstić information content (AvgIpc) is 2.56. The van der Waals surface area contributed by atoms with Gasteiger partial charge in [-0.15, -0.1) is 0 Å². The molecule has 1 saturated heterocycles. The van der Waals surface area contributed by atoms with Crippen LogP contribution >= 0.6 is 0 Å². The molecule has 6 nitrogen and oxygen atoms in total. The lowest BCUT2D eigenvalue weighted by molar-refractivity contribution is -0.133. The molecule has 1 atom stereocenters. The van der Waals surface area contributed by atoms with Gasteiger partial charge in [0.15, 0.2) is 0 Å². The van der Waals surface area contributed by atoms with Crippen LogP contribution in [0.1, 0.15) is 18.7 Å². The second-order valence-corrected chi connectivity index (χ2v) is 3.53. The summed E-state index contributed by atoms with van der Waals surface area (Å²) in [6.07, 6.45) is 2.51. The normalized spacial score (nSPS) is 21.3. The molecule has 0 radical (unpaired) electrons. The number of hydrogen-bond acceptors (Lipinski definition) is 4. The summed E-state index contributed by atoms with van der Waals surface area (Å²) in [5.74, 6) is 0.990. The molecule has 1 aromatic rings. The minimum Gasteiger partial charge on any atom is -0.359 e. The highest BCUT2D eigenvalue weighted by atomic mass is 16.2. The fourth-order valence-corrected chi connectivity index (χ4v) is 1.51. The molecule has 0 bridgehead atoms. The first kappa shape index (κ1) is 9.70. The Morgan fingerprint density at radius 2 is 2.33 bits per heavy atom. The quantitative estimate of drug-likeness (QED) is 0.594. The molecule has 0 aliphatic carbocycles. The van der Waals surface area contributed by atoms with Crippen molar-refractivity contribution in [3.05, 3.63) is 12.0 Å². The highest BCUT2D eigenvalue weighted by molar-refractivity contribution is 6.01. The van der Waals surface area contributed by atoms with E-state index in [-0.39, 0.29) is 17.9 Å². The van der Waals surface area contributed by atoms with Crippen LogP contribution in [-0.4, -0.2) is 27.8 Å². The van der Waals surface area contributed by atoms with Gasteiger partial charge < -0.3 is 10.3 Å². The fourth-order valence-electron chi connectivity index (χ4n) is 1.51. The first-order valence-electron chi connectivity index (χ1n) is 4.77. The van der Waals surface area contributed by atoms with Crippen molar-refractivity contribution >= 4 is 17.6 Å². The molecule has 1 fully saturated rings. The molecule has 2 heterocycles. The van der Waals surface area contributed by atoms with Crippen LogP contribution in [0.25, 0.3) is 0 Å². The van der Waals surface area contributed by atoms with Crippen LogP contribution in [0.4, 0.5) is 5.82 Å². The lowest BCUT2D eigenvalue weighted by atomic mass is 10.1. The first-order chi connectivity index (χ1) is 7.15. The minimum absolute atomic E-state index is 0.209. The van der Waals surface area contributed by atoms with E-state index in [1.807, 2.05) is 6.92 Å². The molecule has 1 aromatic heterocycles. The van der Waals surface area contributed by atoms with Gasteiger partial charge in [-0.1, -0.05) is 0 Å². The van der Waals surface area contributed by atoms with Crippen LogP contribution in [0, 0.1) is 6.92 Å². The maximum Gasteiger partial charge on any atom is 0.249 e. The predicted molar refractivity (Wildman–Crippen MR) is 53.1 cm³/mol. The summed E-state index contributed by atoms with van der Waals surface area (Å²) >= 11 is 0. The van der Waals surface area contributed by atoms with Crippen molar-refractivity contribution in [2.24, 2.45) is 0 Å². The van der Waals surface area contributed by atoms with Crippen LogP contribution in [0.15, 0.2) is 6.20 Å². The number of piperidine rings is 1. The van der Waals surface area contributed by atoms with Crippen LogP contribution in [0.3, 0.4) is 0 Å². The number of rotatable bonds is 2. The van der Waals surface area contributed by atoms with E-state index >= 15 is 0 Å². The maximum atomic E-state index is 11.4. The lowest BCUT2D eigenvalue weighted by Gasteiger charge is -2.21. The largest absolute Gasteiger partial charge is 0.359 e. The first-order valence-corrected chi connectivity index (χ1v) is 4.77. The second-order valence-electron chi connectivity index (χ2n) is 3.53. The Morgan fingerprint density at radius 1 is 1.53 bits per heavy atom. The number of aromatic nitrogens is 2. The Bertz CT molecular complexity index is 399. The van der Waals surface area contributed by atoms with E-state index in [9.17, 15) is 9.59 Å². The molecular formula is C9H12N4O2. The smallest absolute Gasteiger partial charge is 0.249 e. The molecule has 1 unspecified atom stereocenters. The van der Waals surface area contributed by atoms with Gasteiger partial charge in [0.2, 0.25) is 11.8 Å². The number of anilines is 1. The summed E-state index contributed by atoms with van der Waals surface area (Å²) in [6.45, 7) is 1.83. The van der Waals surface area contributed by atoms with Crippen LogP contribution in [-0.2, 0) is 9.59 Å². The third kappa shape index (κ3) is 2.15. The SMILES string of the molecule is Cc1ncc(NC2CCC(=O)NC2=O)[nH]1. The third-order valence-corrected chi connectivity index (χ3v) is 2.27. The predicted octanol–water partition coefficient (Wildman–Crippen LogP) is -0.0648. The summed E-state index contributed by atoms with van der Waals surface area (Å²) in [6, 6.07) is -0.359. The van der Waals surface area contributed by atoms with Crippen molar-refractivity contribution in [1.82, 2.24) is 15.3 Å². The number of imidazole rings is 1. The van der Waals surface area contributed by atoms with Crippen molar-refractivity contribution in [1.29, 1.82) is 0 Å². The Morgan fingerprint density at radius 3 is 2.93 bits per heavy atom. The summed E-state index contributed by atoms with van der Waals surface area (Å²) < 4.78 is 0. The Kier molecular flexibility index (Phi) is 2.40. The molecule has 80 valence electrons. The number of H-pyrrole nitrogens is 1. The van der Waals surface area contributed by atoms with E-state index in [0.29, 0.717) is 18.7 Å². The number of amides is 2. The van der Waals surface area contributed by atoms with Gasteiger partial charge in [-0.05, 0) is 13.3 Å². The van der Waals surface area contributed by atoms with Gasteiger partial charge in [-0.2, -0.15) is 0 Å². The summed E-state index contributed by atoms with van der Waals surface area (Å²) in [4.78, 5) is 29.3. The van der Waals surface area contributed by atoms with Crippen molar-refractivity contribution in [3.63, 3.8) is 0 Å². The van der Waals surface area contributed by atoms with Crippen molar-refractivity contribution in [2.75, 3.05) is 5.32 Å². The van der Waals surface area contributed by atoms with Gasteiger partial charge in [0.05, 0.1) is 6.20 Å². The molecular weight excluding hydrogens is 196 g/mol. The number of hydrogen-bond donors (Lipinski definition) is 3. The molecule has 1 aliphatic heterocycles. The molecule has 1 aliphatic rings. The molecule has 15 heavy (non-hydrogen) atoms. The highest BCUT2D eigenvalue weighted by Gasteiger charge is 2.26. The standard InChI is InChI=1S/C9H12N4O2/c1-5-10-4-7(11-5)12-6-2-3-8(14)13-9(6)15/h4,6,12H,2-3H2,1H3,(H,10,11)(H,13,14,15). The summed E-state index contributed by atoms with van der Waals surface area (Å²) in [5, 5.41) is 5.27. The molecule has 0 aromatic carbocycles. The van der Waals surface area contributed by atoms with E-state index in [1.54, 1.807) is 6.20 Å². The van der Waals surface area contributed by atoms with Crippen LogP contribution < -0.4 is 10.6 Å². The third-order valence-electron chi connectivity index (χ3n) is 2.27. The number of nitrogens with zero attached hydrogens (tertiary/aromatic N) is 1. The van der Waals surface area contributed by atoms with Gasteiger partial charge >= 0.3 is 0 Å². The molecule has 0 spiro atoms. The van der Waals surface area contributed by atoms with Gasteiger partial charge in [0.25, 0.3) is 0 Å². The van der Waals surface area contributed by atoms with Crippen molar-refractivity contribution in [3.8, 4) is 0 Å². The number of aromatic amines is 1. The van der Waals surface area contributed by atoms with Crippen molar-refractivity contribution in [2.45, 2.75) is 25.8 Å². The lowest BCUT2D eigenvalue weighted by Crippen LogP contribution is -2.47. The number of carbonyl (C=O) groups is 2. The number of aryl methyl sites for hydroxylation is 1. The Labute approximate surface area is 86.5 Å². The van der Waals surface area contributed by atoms with E-state index in [4.69, 9.17) is 0 Å². The Hall–Kier alpha value is -1.85. The minimum atomic E-state index is -0.359. The van der Waals surface area contributed by atoms with E-state index < -0.39 is 0 Å². The van der Waals surface area contributed by atoms with Gasteiger partial charge in [0.1, 0.15) is 17.7 Å². The molecule has 6 heteroatoms. The number of imide groups is 1. The van der Waals surface area contributed by atoms with E-state index in [2.05, 4.69) is 20.6 Å². The molecule has 0 saturated carbocycles. The molecule has 3 N–H and O–H groups in total. The number of nitrogens with one attached hydrogen (secondary N) is 3. The zero-order chi connectivity index (χ0) is 10.8. The summed E-state index contributed by atoms with van der Waals surface area (Å²) in [7, 11) is 0. The van der Waals surface area contributed by atoms with Crippen molar-refractivity contribution < 1.29 is 9.59 Å². The monoisotopic (exact) mass is 208 g/mol. The summed E-state index contributed by atoms with van der Waals surface area (Å²) in [5.41, 5.74) is 0. The highest BCUT2D eigenvalue weighted by Crippen LogP contribution is 2.11. The topological polar surface area (TPSA) is 86.9 Å². The maximum absolute atomic E-state index is 11.4. The number of carbonyl (C=O) groups excluding carboxylic acids is 2. The fraction of sp³-hybridized carbons (Fsp3) is 0.444. The van der Waals surface area contributed by atoms with E-state index in [1.165, 1.54) is 0 Å². The van der Waals surface area contributed by atoms with E-state index in [0.717, 1.165) is 5.82 Å².